The molecule has 8 heteroatoms. The lowest BCUT2D eigenvalue weighted by molar-refractivity contribution is 0.0184. The lowest BCUT2D eigenvalue weighted by Crippen LogP contribution is -2.42. The molecule has 1 aliphatic heterocycles. The zero-order valence-electron chi connectivity index (χ0n) is 16.0. The quantitative estimate of drug-likeness (QED) is 0.659. The lowest BCUT2D eigenvalue weighted by atomic mass is 10.1. The fourth-order valence-corrected chi connectivity index (χ4v) is 3.92. The Bertz CT molecular complexity index is 864. The second-order valence-electron chi connectivity index (χ2n) is 7.63. The van der Waals surface area contributed by atoms with E-state index in [1.54, 1.807) is 11.0 Å². The maximum Gasteiger partial charge on any atom is 0.410 e. The van der Waals surface area contributed by atoms with Crippen LogP contribution in [0.1, 0.15) is 50.0 Å². The number of carbonyl (C=O) groups is 2. The van der Waals surface area contributed by atoms with Crippen LogP contribution in [-0.4, -0.2) is 52.5 Å². The fourth-order valence-electron chi connectivity index (χ4n) is 3.23. The van der Waals surface area contributed by atoms with Crippen molar-refractivity contribution < 1.29 is 19.1 Å². The molecule has 7 nitrogen and oxygen atoms in total. The van der Waals surface area contributed by atoms with E-state index in [1.165, 1.54) is 7.11 Å². The summed E-state index contributed by atoms with van der Waals surface area (Å²) in [6.45, 7) is 6.80. The number of piperidine rings is 1. The summed E-state index contributed by atoms with van der Waals surface area (Å²) < 4.78 is 13.0. The maximum absolute atomic E-state index is 12.2. The predicted octanol–water partition coefficient (Wildman–Crippen LogP) is 4.16. The maximum atomic E-state index is 12.2. The number of halogens is 1. The summed E-state index contributed by atoms with van der Waals surface area (Å²) in [5.74, 6) is -0.405. The number of esters is 1. The Hall–Kier alpha value is -2.09. The van der Waals surface area contributed by atoms with Crippen LogP contribution in [-0.2, 0) is 9.47 Å². The summed E-state index contributed by atoms with van der Waals surface area (Å²) in [6.07, 6.45) is 1.25. The van der Waals surface area contributed by atoms with E-state index in [0.717, 1.165) is 22.8 Å². The molecular formula is C19H24BrN3O4. The van der Waals surface area contributed by atoms with Crippen molar-refractivity contribution in [1.29, 1.82) is 0 Å². The van der Waals surface area contributed by atoms with Crippen molar-refractivity contribution >= 4 is 38.9 Å². The second-order valence-corrected chi connectivity index (χ2v) is 8.38. The summed E-state index contributed by atoms with van der Waals surface area (Å²) in [6, 6.07) is 5.58. The number of likely N-dealkylation sites (tertiary alicyclic amines) is 1. The van der Waals surface area contributed by atoms with Crippen LogP contribution in [0.15, 0.2) is 22.8 Å². The first kappa shape index (κ1) is 19.7. The number of methoxy groups -OCH3 is 1. The first-order valence-electron chi connectivity index (χ1n) is 8.94. The standard InChI is InChI=1S/C19H24BrN3O4/c1-19(2,3)27-18(25)22-10-8-12(9-11-22)23-16(20)13-6-5-7-14(15(13)21-23)17(24)26-4/h5-7,12H,8-11H2,1-4H3. The third-order valence-corrected chi connectivity index (χ3v) is 5.33. The number of carbonyl (C=O) groups excluding carboxylic acids is 2. The van der Waals surface area contributed by atoms with E-state index < -0.39 is 11.6 Å². The Morgan fingerprint density at radius 1 is 1.22 bits per heavy atom. The average molecular weight is 438 g/mol. The van der Waals surface area contributed by atoms with Crippen molar-refractivity contribution in [3.63, 3.8) is 0 Å². The molecule has 1 amide bonds. The highest BCUT2D eigenvalue weighted by Gasteiger charge is 2.29. The molecule has 1 aromatic heterocycles. The molecule has 0 atom stereocenters. The van der Waals surface area contributed by atoms with E-state index in [4.69, 9.17) is 9.47 Å². The van der Waals surface area contributed by atoms with Crippen molar-refractivity contribution in [3.05, 3.63) is 28.4 Å². The van der Waals surface area contributed by atoms with Gasteiger partial charge in [0.05, 0.1) is 18.7 Å². The smallest absolute Gasteiger partial charge is 0.410 e. The molecule has 1 saturated heterocycles. The molecule has 0 aliphatic carbocycles. The van der Waals surface area contributed by atoms with Crippen LogP contribution < -0.4 is 0 Å². The van der Waals surface area contributed by atoms with Crippen LogP contribution in [0.4, 0.5) is 4.79 Å². The Labute approximate surface area is 166 Å². The normalized spacial score (nSPS) is 15.8. The van der Waals surface area contributed by atoms with E-state index in [0.29, 0.717) is 24.2 Å². The summed E-state index contributed by atoms with van der Waals surface area (Å²) in [4.78, 5) is 26.0. The van der Waals surface area contributed by atoms with Crippen molar-refractivity contribution in [3.8, 4) is 0 Å². The third-order valence-electron chi connectivity index (χ3n) is 4.53. The fraction of sp³-hybridized carbons (Fsp3) is 0.526. The Morgan fingerprint density at radius 3 is 2.48 bits per heavy atom. The number of rotatable bonds is 2. The first-order chi connectivity index (χ1) is 12.7. The summed E-state index contributed by atoms with van der Waals surface area (Å²) in [5, 5.41) is 5.54. The van der Waals surface area contributed by atoms with Gasteiger partial charge in [-0.1, -0.05) is 6.07 Å². The second kappa shape index (κ2) is 7.50. The van der Waals surface area contributed by atoms with Gasteiger partial charge in [-0.2, -0.15) is 5.10 Å². The number of amides is 1. The van der Waals surface area contributed by atoms with E-state index in [1.807, 2.05) is 37.6 Å². The molecule has 1 fully saturated rings. The van der Waals surface area contributed by atoms with E-state index in [2.05, 4.69) is 21.0 Å². The molecule has 1 aliphatic rings. The van der Waals surface area contributed by atoms with Crippen molar-refractivity contribution in [2.75, 3.05) is 20.2 Å². The average Bonchev–Trinajstić information content (AvgIpc) is 2.97. The van der Waals surface area contributed by atoms with E-state index in [-0.39, 0.29) is 12.1 Å². The molecule has 3 rings (SSSR count). The van der Waals surface area contributed by atoms with Gasteiger partial charge < -0.3 is 14.4 Å². The topological polar surface area (TPSA) is 73.7 Å². The molecule has 146 valence electrons. The van der Waals surface area contributed by atoms with E-state index >= 15 is 0 Å². The van der Waals surface area contributed by atoms with Gasteiger partial charge in [-0.05, 0) is 61.7 Å². The highest BCUT2D eigenvalue weighted by Crippen LogP contribution is 2.33. The molecule has 0 saturated carbocycles. The number of aromatic nitrogens is 2. The van der Waals surface area contributed by atoms with Crippen LogP contribution in [0, 0.1) is 0 Å². The Balaban J connectivity index is 1.79. The highest BCUT2D eigenvalue weighted by molar-refractivity contribution is 9.10. The summed E-state index contributed by atoms with van der Waals surface area (Å²) in [5.41, 5.74) is 0.562. The van der Waals surface area contributed by atoms with Crippen LogP contribution in [0.25, 0.3) is 10.9 Å². The first-order valence-corrected chi connectivity index (χ1v) is 9.73. The van der Waals surface area contributed by atoms with Crippen LogP contribution >= 0.6 is 15.9 Å². The minimum absolute atomic E-state index is 0.135. The highest BCUT2D eigenvalue weighted by atomic mass is 79.9. The molecule has 0 unspecified atom stereocenters. The molecule has 27 heavy (non-hydrogen) atoms. The number of ether oxygens (including phenoxy) is 2. The summed E-state index contributed by atoms with van der Waals surface area (Å²) >= 11 is 3.62. The Morgan fingerprint density at radius 2 is 1.89 bits per heavy atom. The monoisotopic (exact) mass is 437 g/mol. The molecule has 0 radical (unpaired) electrons. The molecule has 2 aromatic rings. The SMILES string of the molecule is COC(=O)c1cccc2c(Br)n(C3CCN(C(=O)OC(C)(C)C)CC3)nc12. The van der Waals surface area contributed by atoms with Crippen LogP contribution in [0.3, 0.4) is 0 Å². The van der Waals surface area contributed by atoms with Crippen LogP contribution in [0.5, 0.6) is 0 Å². The van der Waals surface area contributed by atoms with Crippen LogP contribution in [0.2, 0.25) is 0 Å². The zero-order chi connectivity index (χ0) is 19.8. The minimum atomic E-state index is -0.499. The number of benzene rings is 1. The Kier molecular flexibility index (Phi) is 5.46. The van der Waals surface area contributed by atoms with Gasteiger partial charge in [0.2, 0.25) is 0 Å². The molecule has 0 bridgehead atoms. The number of hydrogen-bond acceptors (Lipinski definition) is 5. The number of fused-ring (bicyclic) bond motifs is 1. The van der Waals surface area contributed by atoms with Crippen molar-refractivity contribution in [2.45, 2.75) is 45.3 Å². The molecule has 2 heterocycles. The predicted molar refractivity (Wildman–Crippen MR) is 105 cm³/mol. The van der Waals surface area contributed by atoms with Gasteiger partial charge in [-0.3, -0.25) is 4.68 Å². The molecule has 0 spiro atoms. The number of nitrogens with zero attached hydrogens (tertiary/aromatic N) is 3. The van der Waals surface area contributed by atoms with Gasteiger partial charge in [0.1, 0.15) is 15.7 Å². The van der Waals surface area contributed by atoms with Gasteiger partial charge in [0.15, 0.2) is 0 Å². The molecule has 1 aromatic carbocycles. The van der Waals surface area contributed by atoms with Gasteiger partial charge in [-0.15, -0.1) is 0 Å². The van der Waals surface area contributed by atoms with Gasteiger partial charge in [0, 0.05) is 18.5 Å². The van der Waals surface area contributed by atoms with Gasteiger partial charge in [-0.25, -0.2) is 9.59 Å². The van der Waals surface area contributed by atoms with Crippen molar-refractivity contribution in [2.24, 2.45) is 0 Å². The van der Waals surface area contributed by atoms with Gasteiger partial charge in [0.25, 0.3) is 0 Å². The largest absolute Gasteiger partial charge is 0.465 e. The van der Waals surface area contributed by atoms with Gasteiger partial charge >= 0.3 is 12.1 Å². The molecular weight excluding hydrogens is 414 g/mol. The van der Waals surface area contributed by atoms with E-state index in [9.17, 15) is 9.59 Å². The third kappa shape index (κ3) is 4.10. The van der Waals surface area contributed by atoms with Crippen molar-refractivity contribution in [1.82, 2.24) is 14.7 Å². The molecule has 0 N–H and O–H groups in total. The summed E-state index contributed by atoms with van der Waals surface area (Å²) in [7, 11) is 1.36. The zero-order valence-corrected chi connectivity index (χ0v) is 17.6. The minimum Gasteiger partial charge on any atom is -0.465 e. The lowest BCUT2D eigenvalue weighted by Gasteiger charge is -2.33. The number of hydrogen-bond donors (Lipinski definition) is 0.